The first-order valence-corrected chi connectivity index (χ1v) is 8.76. The summed E-state index contributed by atoms with van der Waals surface area (Å²) in [4.78, 5) is 14.3. The molecule has 1 amide bonds. The molecule has 0 saturated carbocycles. The van der Waals surface area contributed by atoms with Crippen molar-refractivity contribution in [2.75, 3.05) is 19.4 Å². The van der Waals surface area contributed by atoms with Gasteiger partial charge < -0.3 is 19.4 Å². The number of nitrogens with one attached hydrogen (secondary N) is 2. The van der Waals surface area contributed by atoms with Gasteiger partial charge >= 0.3 is 0 Å². The Bertz CT molecular complexity index is 933. The quantitative estimate of drug-likeness (QED) is 0.642. The first-order chi connectivity index (χ1) is 12.9. The molecular weight excluding hydrogens is 368 g/mol. The van der Waals surface area contributed by atoms with Crippen LogP contribution in [0.15, 0.2) is 40.8 Å². The van der Waals surface area contributed by atoms with Gasteiger partial charge in [-0.3, -0.25) is 9.89 Å². The van der Waals surface area contributed by atoms with Gasteiger partial charge in [-0.05, 0) is 56.9 Å². The summed E-state index contributed by atoms with van der Waals surface area (Å²) in [5.41, 5.74) is 1.84. The lowest BCUT2D eigenvalue weighted by Gasteiger charge is -2.06. The third kappa shape index (κ3) is 5.12. The molecule has 0 saturated heterocycles. The molecule has 0 bridgehead atoms. The van der Waals surface area contributed by atoms with Crippen LogP contribution in [-0.2, 0) is 13.2 Å². The third-order valence-electron chi connectivity index (χ3n) is 3.76. The van der Waals surface area contributed by atoms with E-state index < -0.39 is 0 Å². The molecule has 0 atom stereocenters. The summed E-state index contributed by atoms with van der Waals surface area (Å²) >= 11 is 6.00. The van der Waals surface area contributed by atoms with Crippen LogP contribution in [0, 0.1) is 6.92 Å². The largest absolute Gasteiger partial charge is 0.486 e. The molecular formula is C19H21ClN4O3. The first kappa shape index (κ1) is 19.0. The number of amides is 1. The van der Waals surface area contributed by atoms with Crippen molar-refractivity contribution in [1.82, 2.24) is 15.1 Å². The molecule has 142 valence electrons. The van der Waals surface area contributed by atoms with Crippen LogP contribution in [0.25, 0.3) is 0 Å². The number of aromatic nitrogens is 2. The molecule has 2 aromatic heterocycles. The van der Waals surface area contributed by atoms with Crippen LogP contribution in [-0.4, -0.2) is 35.1 Å². The lowest BCUT2D eigenvalue weighted by Crippen LogP contribution is -2.11. The van der Waals surface area contributed by atoms with Gasteiger partial charge in [0.2, 0.25) is 0 Å². The number of hydrogen-bond donors (Lipinski definition) is 2. The number of H-pyrrole nitrogens is 1. The molecule has 0 radical (unpaired) electrons. The standard InChI is InChI=1S/C19H21ClN4O3/c1-12-8-14(4-6-16(12)20)26-11-15-5-7-17(27-15)19(25)21-18-9-13(22-23-18)10-24(2)3/h4-9H,10-11H2,1-3H3,(H2,21,22,23,25). The van der Waals surface area contributed by atoms with Crippen molar-refractivity contribution >= 4 is 23.3 Å². The number of hydrogen-bond acceptors (Lipinski definition) is 5. The van der Waals surface area contributed by atoms with E-state index in [2.05, 4.69) is 15.5 Å². The Balaban J connectivity index is 1.57. The Kier molecular flexibility index (Phi) is 5.83. The predicted octanol–water partition coefficient (Wildman–Crippen LogP) is 3.86. The van der Waals surface area contributed by atoms with Crippen LogP contribution >= 0.6 is 11.6 Å². The number of aryl methyl sites for hydroxylation is 1. The molecule has 8 heteroatoms. The second-order valence-electron chi connectivity index (χ2n) is 6.44. The Hall–Kier alpha value is -2.77. The van der Waals surface area contributed by atoms with Crippen LogP contribution in [0.4, 0.5) is 5.82 Å². The second kappa shape index (κ2) is 8.28. The molecule has 0 aliphatic heterocycles. The molecule has 3 aromatic rings. The van der Waals surface area contributed by atoms with Crippen LogP contribution in [0.2, 0.25) is 5.02 Å². The molecule has 0 aliphatic rings. The van der Waals surface area contributed by atoms with E-state index in [-0.39, 0.29) is 18.3 Å². The highest BCUT2D eigenvalue weighted by molar-refractivity contribution is 6.31. The summed E-state index contributed by atoms with van der Waals surface area (Å²) in [6.07, 6.45) is 0. The molecule has 27 heavy (non-hydrogen) atoms. The molecule has 7 nitrogen and oxygen atoms in total. The summed E-state index contributed by atoms with van der Waals surface area (Å²) in [7, 11) is 3.91. The topological polar surface area (TPSA) is 83.4 Å². The maximum absolute atomic E-state index is 12.3. The van der Waals surface area contributed by atoms with Crippen molar-refractivity contribution in [2.45, 2.75) is 20.1 Å². The number of rotatable bonds is 7. The van der Waals surface area contributed by atoms with Gasteiger partial charge in [0.05, 0.1) is 5.69 Å². The summed E-state index contributed by atoms with van der Waals surface area (Å²) in [5.74, 6) is 1.50. The van der Waals surface area contributed by atoms with Crippen molar-refractivity contribution in [1.29, 1.82) is 0 Å². The normalized spacial score (nSPS) is 11.0. The van der Waals surface area contributed by atoms with E-state index in [0.717, 1.165) is 11.3 Å². The van der Waals surface area contributed by atoms with Gasteiger partial charge in [-0.15, -0.1) is 0 Å². The van der Waals surface area contributed by atoms with Crippen LogP contribution in [0.5, 0.6) is 5.75 Å². The number of ether oxygens (including phenoxy) is 1. The fourth-order valence-corrected chi connectivity index (χ4v) is 2.58. The number of carbonyl (C=O) groups is 1. The number of halogens is 1. The molecule has 0 unspecified atom stereocenters. The Morgan fingerprint density at radius 3 is 2.85 bits per heavy atom. The van der Waals surface area contributed by atoms with Gasteiger partial charge in [-0.2, -0.15) is 5.10 Å². The summed E-state index contributed by atoms with van der Waals surface area (Å²) in [6.45, 7) is 2.82. The maximum atomic E-state index is 12.3. The Morgan fingerprint density at radius 1 is 1.30 bits per heavy atom. The third-order valence-corrected chi connectivity index (χ3v) is 4.18. The Morgan fingerprint density at radius 2 is 2.11 bits per heavy atom. The summed E-state index contributed by atoms with van der Waals surface area (Å²) in [6, 6.07) is 10.5. The van der Waals surface area contributed by atoms with E-state index in [0.29, 0.717) is 28.9 Å². The van der Waals surface area contributed by atoms with Crippen molar-refractivity contribution in [3.63, 3.8) is 0 Å². The number of furan rings is 1. The van der Waals surface area contributed by atoms with Crippen LogP contribution in [0.1, 0.15) is 27.6 Å². The number of nitrogens with zero attached hydrogens (tertiary/aromatic N) is 2. The SMILES string of the molecule is Cc1cc(OCc2ccc(C(=O)Nc3cc(CN(C)C)[nH]n3)o2)ccc1Cl. The van der Waals surface area contributed by atoms with Crippen molar-refractivity contribution in [3.8, 4) is 5.75 Å². The van der Waals surface area contributed by atoms with E-state index in [4.69, 9.17) is 20.8 Å². The second-order valence-corrected chi connectivity index (χ2v) is 6.84. The van der Waals surface area contributed by atoms with E-state index in [1.807, 2.05) is 32.0 Å². The van der Waals surface area contributed by atoms with Gasteiger partial charge in [0.25, 0.3) is 5.91 Å². The number of anilines is 1. The smallest absolute Gasteiger partial charge is 0.292 e. The zero-order chi connectivity index (χ0) is 19.4. The van der Waals surface area contributed by atoms with Gasteiger partial charge in [0.1, 0.15) is 18.1 Å². The summed E-state index contributed by atoms with van der Waals surface area (Å²) < 4.78 is 11.2. The van der Waals surface area contributed by atoms with Crippen molar-refractivity contribution < 1.29 is 13.9 Å². The van der Waals surface area contributed by atoms with E-state index >= 15 is 0 Å². The maximum Gasteiger partial charge on any atom is 0.292 e. The average Bonchev–Trinajstić information content (AvgIpc) is 3.25. The molecule has 3 rings (SSSR count). The highest BCUT2D eigenvalue weighted by Gasteiger charge is 2.14. The van der Waals surface area contributed by atoms with Crippen molar-refractivity contribution in [3.05, 3.63) is 64.2 Å². The zero-order valence-electron chi connectivity index (χ0n) is 15.4. The van der Waals surface area contributed by atoms with Crippen LogP contribution < -0.4 is 10.1 Å². The molecule has 0 aliphatic carbocycles. The highest BCUT2D eigenvalue weighted by Crippen LogP contribution is 2.22. The van der Waals surface area contributed by atoms with Gasteiger partial charge in [-0.25, -0.2) is 0 Å². The fraction of sp³-hybridized carbons (Fsp3) is 0.263. The lowest BCUT2D eigenvalue weighted by molar-refractivity contribution is 0.0992. The van der Waals surface area contributed by atoms with E-state index in [1.165, 1.54) is 0 Å². The molecule has 0 spiro atoms. The molecule has 0 fully saturated rings. The molecule has 2 N–H and O–H groups in total. The van der Waals surface area contributed by atoms with Gasteiger partial charge in [-0.1, -0.05) is 11.6 Å². The molecule has 2 heterocycles. The number of aromatic amines is 1. The fourth-order valence-electron chi connectivity index (χ4n) is 2.46. The first-order valence-electron chi connectivity index (χ1n) is 8.39. The molecule has 1 aromatic carbocycles. The highest BCUT2D eigenvalue weighted by atomic mass is 35.5. The predicted molar refractivity (Wildman–Crippen MR) is 103 cm³/mol. The lowest BCUT2D eigenvalue weighted by atomic mass is 10.2. The Labute approximate surface area is 162 Å². The van der Waals surface area contributed by atoms with E-state index in [1.54, 1.807) is 30.3 Å². The average molecular weight is 389 g/mol. The number of carbonyl (C=O) groups excluding carboxylic acids is 1. The monoisotopic (exact) mass is 388 g/mol. The van der Waals surface area contributed by atoms with Crippen molar-refractivity contribution in [2.24, 2.45) is 0 Å². The minimum absolute atomic E-state index is 0.193. The van der Waals surface area contributed by atoms with Gasteiger partial charge in [0, 0.05) is 17.6 Å². The van der Waals surface area contributed by atoms with Gasteiger partial charge in [0.15, 0.2) is 11.6 Å². The van der Waals surface area contributed by atoms with E-state index in [9.17, 15) is 4.79 Å². The minimum Gasteiger partial charge on any atom is -0.486 e. The zero-order valence-corrected chi connectivity index (χ0v) is 16.1. The van der Waals surface area contributed by atoms with Crippen LogP contribution in [0.3, 0.4) is 0 Å². The summed E-state index contributed by atoms with van der Waals surface area (Å²) in [5, 5.41) is 10.3. The minimum atomic E-state index is -0.369. The number of benzene rings is 1.